The van der Waals surface area contributed by atoms with Crippen LogP contribution in [0.2, 0.25) is 0 Å². The maximum atomic E-state index is 12.9. The lowest BCUT2D eigenvalue weighted by atomic mass is 10.1. The number of nitrogens with zero attached hydrogens (tertiary/aromatic N) is 2. The minimum atomic E-state index is -3.42. The van der Waals surface area contributed by atoms with Gasteiger partial charge in [0.1, 0.15) is 4.90 Å². The molecule has 1 saturated heterocycles. The number of nitrogens with one attached hydrogen (secondary N) is 2. The van der Waals surface area contributed by atoms with E-state index in [1.165, 1.54) is 6.42 Å². The number of piperidine rings is 1. The molecule has 1 aromatic rings. The highest BCUT2D eigenvalue weighted by atomic mass is 32.2. The van der Waals surface area contributed by atoms with Crippen molar-refractivity contribution in [3.63, 3.8) is 0 Å². The third-order valence-corrected chi connectivity index (χ3v) is 6.55. The van der Waals surface area contributed by atoms with Gasteiger partial charge in [-0.2, -0.15) is 9.40 Å². The number of fused-ring (bicyclic) bond motifs is 2. The zero-order valence-electron chi connectivity index (χ0n) is 12.0. The average Bonchev–Trinajstić information content (AvgIpc) is 3.11. The van der Waals surface area contributed by atoms with E-state index >= 15 is 0 Å². The highest BCUT2D eigenvalue weighted by Gasteiger charge is 2.45. The van der Waals surface area contributed by atoms with Crippen LogP contribution in [0.25, 0.3) is 0 Å². The molecule has 1 aromatic heterocycles. The van der Waals surface area contributed by atoms with E-state index in [0.29, 0.717) is 35.3 Å². The van der Waals surface area contributed by atoms with E-state index in [2.05, 4.69) is 15.5 Å². The summed E-state index contributed by atoms with van der Waals surface area (Å²) < 4.78 is 27.6. The Morgan fingerprint density at radius 1 is 1.45 bits per heavy atom. The fourth-order valence-corrected chi connectivity index (χ4v) is 5.54. The summed E-state index contributed by atoms with van der Waals surface area (Å²) in [5, 5.41) is 10.1. The van der Waals surface area contributed by atoms with Crippen LogP contribution in [0.5, 0.6) is 0 Å². The Balaban J connectivity index is 1.93. The van der Waals surface area contributed by atoms with Crippen molar-refractivity contribution in [1.29, 1.82) is 0 Å². The maximum Gasteiger partial charge on any atom is 0.247 e. The van der Waals surface area contributed by atoms with Crippen molar-refractivity contribution in [2.75, 3.05) is 13.1 Å². The number of H-pyrrole nitrogens is 1. The van der Waals surface area contributed by atoms with Crippen LogP contribution in [0.4, 0.5) is 0 Å². The molecule has 2 N–H and O–H groups in total. The van der Waals surface area contributed by atoms with E-state index in [-0.39, 0.29) is 6.04 Å². The zero-order chi connectivity index (χ0) is 14.3. The number of aromatic nitrogens is 2. The van der Waals surface area contributed by atoms with Crippen molar-refractivity contribution in [2.24, 2.45) is 5.92 Å². The molecule has 0 aromatic carbocycles. The molecule has 0 spiro atoms. The lowest BCUT2D eigenvalue weighted by Crippen LogP contribution is -2.38. The summed E-state index contributed by atoms with van der Waals surface area (Å²) in [5.41, 5.74) is 1.24. The number of aromatic amines is 1. The normalized spacial score (nSPS) is 26.5. The Labute approximate surface area is 120 Å². The van der Waals surface area contributed by atoms with Gasteiger partial charge < -0.3 is 5.32 Å². The predicted octanol–water partition coefficient (Wildman–Crippen LogP) is 1.00. The minimum Gasteiger partial charge on any atom is -0.311 e. The maximum absolute atomic E-state index is 12.9. The molecule has 2 aliphatic rings. The molecule has 0 amide bonds. The van der Waals surface area contributed by atoms with Crippen molar-refractivity contribution in [2.45, 2.75) is 50.6 Å². The molecule has 1 saturated carbocycles. The Morgan fingerprint density at radius 3 is 2.85 bits per heavy atom. The van der Waals surface area contributed by atoms with Crippen molar-refractivity contribution in [1.82, 2.24) is 19.8 Å². The summed E-state index contributed by atoms with van der Waals surface area (Å²) in [5.74, 6) is 0.555. The van der Waals surface area contributed by atoms with Gasteiger partial charge in [0.05, 0.1) is 11.4 Å². The smallest absolute Gasteiger partial charge is 0.247 e. The highest BCUT2D eigenvalue weighted by molar-refractivity contribution is 7.89. The molecule has 7 heteroatoms. The number of sulfonamides is 1. The SMILES string of the molecule is CCNCc1n[nH]c(C)c1S(=O)(=O)N1CC2CCC1C2. The average molecular weight is 298 g/mol. The van der Waals surface area contributed by atoms with Gasteiger partial charge in [-0.3, -0.25) is 5.10 Å². The summed E-state index contributed by atoms with van der Waals surface area (Å²) in [6.07, 6.45) is 3.20. The molecule has 112 valence electrons. The molecular weight excluding hydrogens is 276 g/mol. The van der Waals surface area contributed by atoms with Gasteiger partial charge in [0.25, 0.3) is 0 Å². The molecule has 0 radical (unpaired) electrons. The summed E-state index contributed by atoms with van der Waals surface area (Å²) in [6, 6.07) is 0.200. The first-order chi connectivity index (χ1) is 9.54. The predicted molar refractivity (Wildman–Crippen MR) is 75.7 cm³/mol. The van der Waals surface area contributed by atoms with Gasteiger partial charge in [0.15, 0.2) is 0 Å². The second-order valence-electron chi connectivity index (χ2n) is 5.81. The van der Waals surface area contributed by atoms with Gasteiger partial charge in [-0.25, -0.2) is 8.42 Å². The van der Waals surface area contributed by atoms with Gasteiger partial charge in [0, 0.05) is 19.1 Å². The Kier molecular flexibility index (Phi) is 3.60. The fourth-order valence-electron chi connectivity index (χ4n) is 3.47. The standard InChI is InChI=1S/C13H22N4O2S/c1-3-14-7-12-13(9(2)15-16-12)20(18,19)17-8-10-4-5-11(17)6-10/h10-11,14H,3-8H2,1-2H3,(H,15,16). The summed E-state index contributed by atoms with van der Waals surface area (Å²) in [6.45, 7) is 5.73. The van der Waals surface area contributed by atoms with E-state index in [4.69, 9.17) is 0 Å². The van der Waals surface area contributed by atoms with E-state index in [1.807, 2.05) is 6.92 Å². The summed E-state index contributed by atoms with van der Waals surface area (Å²) in [4.78, 5) is 0.381. The van der Waals surface area contributed by atoms with Gasteiger partial charge in [-0.15, -0.1) is 0 Å². The second-order valence-corrected chi connectivity index (χ2v) is 7.64. The number of aryl methyl sites for hydroxylation is 1. The lowest BCUT2D eigenvalue weighted by Gasteiger charge is -2.26. The lowest BCUT2D eigenvalue weighted by molar-refractivity contribution is 0.333. The minimum absolute atomic E-state index is 0.200. The summed E-state index contributed by atoms with van der Waals surface area (Å²) in [7, 11) is -3.42. The van der Waals surface area contributed by atoms with Crippen LogP contribution in [-0.2, 0) is 16.6 Å². The van der Waals surface area contributed by atoms with Crippen molar-refractivity contribution >= 4 is 10.0 Å². The first-order valence-corrected chi connectivity index (χ1v) is 8.74. The van der Waals surface area contributed by atoms with Crippen LogP contribution in [-0.4, -0.2) is 42.1 Å². The van der Waals surface area contributed by atoms with Crippen LogP contribution < -0.4 is 5.32 Å². The first-order valence-electron chi connectivity index (χ1n) is 7.30. The Hall–Kier alpha value is -0.920. The van der Waals surface area contributed by atoms with Crippen molar-refractivity contribution in [3.8, 4) is 0 Å². The highest BCUT2D eigenvalue weighted by Crippen LogP contribution is 2.41. The third-order valence-electron chi connectivity index (χ3n) is 4.43. The molecule has 20 heavy (non-hydrogen) atoms. The van der Waals surface area contributed by atoms with Crippen molar-refractivity contribution < 1.29 is 8.42 Å². The monoisotopic (exact) mass is 298 g/mol. The first kappa shape index (κ1) is 14.0. The third kappa shape index (κ3) is 2.17. The van der Waals surface area contributed by atoms with Crippen LogP contribution in [0.15, 0.2) is 4.90 Å². The Morgan fingerprint density at radius 2 is 2.25 bits per heavy atom. The van der Waals surface area contributed by atoms with E-state index < -0.39 is 10.0 Å². The number of rotatable bonds is 5. The quantitative estimate of drug-likeness (QED) is 0.850. The fraction of sp³-hybridized carbons (Fsp3) is 0.769. The van der Waals surface area contributed by atoms with Crippen LogP contribution in [0, 0.1) is 12.8 Å². The topological polar surface area (TPSA) is 78.1 Å². The molecule has 2 unspecified atom stereocenters. The molecule has 2 heterocycles. The molecule has 2 atom stereocenters. The van der Waals surface area contributed by atoms with Gasteiger partial charge in [-0.1, -0.05) is 6.92 Å². The van der Waals surface area contributed by atoms with Gasteiger partial charge in [0.2, 0.25) is 10.0 Å². The van der Waals surface area contributed by atoms with E-state index in [1.54, 1.807) is 11.2 Å². The van der Waals surface area contributed by atoms with Gasteiger partial charge >= 0.3 is 0 Å². The largest absolute Gasteiger partial charge is 0.311 e. The molecule has 2 bridgehead atoms. The number of hydrogen-bond acceptors (Lipinski definition) is 4. The molecule has 3 rings (SSSR count). The zero-order valence-corrected chi connectivity index (χ0v) is 12.8. The van der Waals surface area contributed by atoms with Crippen LogP contribution in [0.3, 0.4) is 0 Å². The van der Waals surface area contributed by atoms with E-state index in [0.717, 1.165) is 19.4 Å². The molecule has 2 fully saturated rings. The van der Waals surface area contributed by atoms with Crippen LogP contribution >= 0.6 is 0 Å². The number of hydrogen-bond donors (Lipinski definition) is 2. The molecule has 1 aliphatic heterocycles. The molecular formula is C13H22N4O2S. The van der Waals surface area contributed by atoms with Gasteiger partial charge in [-0.05, 0) is 38.6 Å². The van der Waals surface area contributed by atoms with Crippen molar-refractivity contribution in [3.05, 3.63) is 11.4 Å². The molecule has 1 aliphatic carbocycles. The van der Waals surface area contributed by atoms with E-state index in [9.17, 15) is 8.42 Å². The van der Waals surface area contributed by atoms with Crippen LogP contribution in [0.1, 0.15) is 37.6 Å². The molecule has 6 nitrogen and oxygen atoms in total. The summed E-state index contributed by atoms with van der Waals surface area (Å²) >= 11 is 0. The second kappa shape index (κ2) is 5.13. The Bertz CT molecular complexity index is 596.